The van der Waals surface area contributed by atoms with Crippen molar-refractivity contribution in [2.75, 3.05) is 53.0 Å². The van der Waals surface area contributed by atoms with Crippen molar-refractivity contribution in [1.82, 2.24) is 15.1 Å². The second kappa shape index (κ2) is 11.1. The number of phenolic OH excluding ortho intramolecular Hbond substituents is 1. The monoisotopic (exact) mass is 419 g/mol. The summed E-state index contributed by atoms with van der Waals surface area (Å²) in [5.41, 5.74) is 0.752. The van der Waals surface area contributed by atoms with Crippen molar-refractivity contribution in [2.45, 2.75) is 19.4 Å². The number of methoxy groups -OCH3 is 1. The van der Waals surface area contributed by atoms with E-state index < -0.39 is 0 Å². The van der Waals surface area contributed by atoms with E-state index in [2.05, 4.69) is 10.2 Å². The lowest BCUT2D eigenvalue weighted by atomic mass is 9.78. The summed E-state index contributed by atoms with van der Waals surface area (Å²) in [4.78, 5) is 17.5. The number of aromatic hydroxyl groups is 1. The molecule has 0 spiro atoms. The number of hydrogen-bond acceptors (Lipinski definition) is 5. The molecular weight excluding hydrogens is 389 g/mol. The first-order valence-corrected chi connectivity index (χ1v) is 9.12. The molecule has 27 heavy (non-hydrogen) atoms. The minimum absolute atomic E-state index is 0. The van der Waals surface area contributed by atoms with Crippen molar-refractivity contribution in [3.05, 3.63) is 29.8 Å². The molecule has 2 aliphatic rings. The van der Waals surface area contributed by atoms with Gasteiger partial charge < -0.3 is 20.1 Å². The number of carbonyl (C=O) groups is 1. The van der Waals surface area contributed by atoms with Gasteiger partial charge in [0.25, 0.3) is 0 Å². The molecule has 8 heteroatoms. The summed E-state index contributed by atoms with van der Waals surface area (Å²) in [6.07, 6.45) is 1.70. The molecule has 3 rings (SSSR count). The Kier molecular flexibility index (Phi) is 9.84. The van der Waals surface area contributed by atoms with Crippen LogP contribution < -0.4 is 5.32 Å². The van der Waals surface area contributed by atoms with Gasteiger partial charge in [-0.1, -0.05) is 12.1 Å². The van der Waals surface area contributed by atoms with Gasteiger partial charge in [0.15, 0.2) is 0 Å². The molecule has 154 valence electrons. The van der Waals surface area contributed by atoms with Gasteiger partial charge in [0.05, 0.1) is 12.0 Å². The summed E-state index contributed by atoms with van der Waals surface area (Å²) in [7, 11) is 1.68. The van der Waals surface area contributed by atoms with Gasteiger partial charge in [-0.05, 0) is 43.6 Å². The largest absolute Gasteiger partial charge is 0.508 e. The molecule has 1 aromatic carbocycles. The minimum atomic E-state index is -0.354. The number of phenols is 1. The van der Waals surface area contributed by atoms with Crippen molar-refractivity contribution >= 4 is 30.7 Å². The van der Waals surface area contributed by atoms with Gasteiger partial charge in [-0.3, -0.25) is 9.69 Å². The first kappa shape index (κ1) is 24.0. The Morgan fingerprint density at radius 1 is 1.19 bits per heavy atom. The number of piperazine rings is 1. The Morgan fingerprint density at radius 3 is 2.44 bits per heavy atom. The second-order valence-electron chi connectivity index (χ2n) is 7.20. The van der Waals surface area contributed by atoms with Crippen LogP contribution in [0.2, 0.25) is 0 Å². The number of ether oxygens (including phenoxy) is 1. The molecule has 0 bridgehead atoms. The van der Waals surface area contributed by atoms with Gasteiger partial charge in [0, 0.05) is 39.8 Å². The van der Waals surface area contributed by atoms with Gasteiger partial charge in [-0.25, -0.2) is 0 Å². The number of halogens is 2. The summed E-state index contributed by atoms with van der Waals surface area (Å²) in [6.45, 7) is 6.33. The predicted molar refractivity (Wildman–Crippen MR) is 111 cm³/mol. The molecule has 0 unspecified atom stereocenters. The molecule has 2 fully saturated rings. The quantitative estimate of drug-likeness (QED) is 0.762. The fraction of sp³-hybridized carbons (Fsp3) is 0.632. The Balaban J connectivity index is 0.00000182. The lowest BCUT2D eigenvalue weighted by Gasteiger charge is -2.42. The van der Waals surface area contributed by atoms with Crippen LogP contribution in [0.25, 0.3) is 0 Å². The molecule has 2 heterocycles. The highest BCUT2D eigenvalue weighted by Crippen LogP contribution is 2.32. The number of carbonyl (C=O) groups excluding carboxylic acids is 1. The highest BCUT2D eigenvalue weighted by atomic mass is 35.5. The topological polar surface area (TPSA) is 65.0 Å². The Morgan fingerprint density at radius 2 is 1.85 bits per heavy atom. The van der Waals surface area contributed by atoms with E-state index in [1.54, 1.807) is 19.2 Å². The maximum atomic E-state index is 13.1. The van der Waals surface area contributed by atoms with Crippen LogP contribution in [0.3, 0.4) is 0 Å². The van der Waals surface area contributed by atoms with E-state index in [1.165, 1.54) is 0 Å². The fourth-order valence-electron chi connectivity index (χ4n) is 3.96. The number of benzene rings is 1. The van der Waals surface area contributed by atoms with E-state index in [4.69, 9.17) is 4.74 Å². The predicted octanol–water partition coefficient (Wildman–Crippen LogP) is 1.90. The van der Waals surface area contributed by atoms with Crippen LogP contribution >= 0.6 is 24.8 Å². The molecular formula is C19H31Cl2N3O3. The minimum Gasteiger partial charge on any atom is -0.508 e. The zero-order valence-electron chi connectivity index (χ0n) is 15.9. The first-order valence-electron chi connectivity index (χ1n) is 9.12. The van der Waals surface area contributed by atoms with Gasteiger partial charge in [0.2, 0.25) is 5.91 Å². The number of piperidine rings is 1. The van der Waals surface area contributed by atoms with E-state index in [0.29, 0.717) is 12.4 Å². The van der Waals surface area contributed by atoms with Crippen LogP contribution in [0.5, 0.6) is 5.75 Å². The number of rotatable bonds is 5. The Bertz CT molecular complexity index is 584. The highest BCUT2D eigenvalue weighted by Gasteiger charge is 2.42. The standard InChI is InChI=1S/C19H29N3O3.2ClH/c1-25-15-19(5-7-20-8-6-19)18(24)22-11-9-21(10-12-22)14-16-3-2-4-17(23)13-16;;/h2-4,13,20,23H,5-12,14-15H2,1H3;2*1H. The van der Waals surface area contributed by atoms with Crippen molar-refractivity contribution in [3.63, 3.8) is 0 Å². The normalized spacial score (nSPS) is 19.7. The van der Waals surface area contributed by atoms with Crippen LogP contribution in [0.15, 0.2) is 24.3 Å². The van der Waals surface area contributed by atoms with Gasteiger partial charge in [-0.2, -0.15) is 0 Å². The number of amides is 1. The number of nitrogens with zero attached hydrogens (tertiary/aromatic N) is 2. The zero-order valence-corrected chi connectivity index (χ0v) is 17.5. The van der Waals surface area contributed by atoms with Crippen molar-refractivity contribution in [1.29, 1.82) is 0 Å². The molecule has 1 amide bonds. The zero-order chi connectivity index (χ0) is 17.7. The summed E-state index contributed by atoms with van der Waals surface area (Å²) >= 11 is 0. The Labute approximate surface area is 174 Å². The third-order valence-corrected chi connectivity index (χ3v) is 5.41. The van der Waals surface area contributed by atoms with Crippen molar-refractivity contribution in [2.24, 2.45) is 5.41 Å². The molecule has 2 saturated heterocycles. The maximum absolute atomic E-state index is 13.1. The average molecular weight is 420 g/mol. The number of hydrogen-bond donors (Lipinski definition) is 2. The van der Waals surface area contributed by atoms with Crippen LogP contribution in [-0.4, -0.2) is 73.8 Å². The third-order valence-electron chi connectivity index (χ3n) is 5.41. The fourth-order valence-corrected chi connectivity index (χ4v) is 3.96. The van der Waals surface area contributed by atoms with E-state index in [9.17, 15) is 9.90 Å². The summed E-state index contributed by atoms with van der Waals surface area (Å²) in [6, 6.07) is 7.39. The smallest absolute Gasteiger partial charge is 0.231 e. The van der Waals surface area contributed by atoms with Crippen LogP contribution in [0.4, 0.5) is 0 Å². The van der Waals surface area contributed by atoms with Gasteiger partial charge in [-0.15, -0.1) is 24.8 Å². The van der Waals surface area contributed by atoms with E-state index in [0.717, 1.165) is 64.2 Å². The molecule has 1 aromatic rings. The average Bonchev–Trinajstić information content (AvgIpc) is 2.63. The molecule has 0 atom stereocenters. The lowest BCUT2D eigenvalue weighted by molar-refractivity contribution is -0.149. The molecule has 0 aromatic heterocycles. The molecule has 6 nitrogen and oxygen atoms in total. The lowest BCUT2D eigenvalue weighted by Crippen LogP contribution is -2.56. The molecule has 0 aliphatic carbocycles. The summed E-state index contributed by atoms with van der Waals surface area (Å²) < 4.78 is 5.40. The van der Waals surface area contributed by atoms with Crippen LogP contribution in [0, 0.1) is 5.41 Å². The molecule has 0 radical (unpaired) electrons. The number of nitrogens with one attached hydrogen (secondary N) is 1. The third kappa shape index (κ3) is 5.96. The van der Waals surface area contributed by atoms with E-state index in [-0.39, 0.29) is 36.1 Å². The van der Waals surface area contributed by atoms with E-state index in [1.807, 2.05) is 17.0 Å². The summed E-state index contributed by atoms with van der Waals surface area (Å²) in [5.74, 6) is 0.562. The SMILES string of the molecule is COCC1(C(=O)N2CCN(Cc3cccc(O)c3)CC2)CCNCC1.Cl.Cl. The molecule has 2 aliphatic heterocycles. The van der Waals surface area contributed by atoms with E-state index >= 15 is 0 Å². The summed E-state index contributed by atoms with van der Waals surface area (Å²) in [5, 5.41) is 12.9. The van der Waals surface area contributed by atoms with Crippen LogP contribution in [0.1, 0.15) is 18.4 Å². The molecule has 2 N–H and O–H groups in total. The van der Waals surface area contributed by atoms with Crippen LogP contribution in [-0.2, 0) is 16.1 Å². The van der Waals surface area contributed by atoms with Crippen molar-refractivity contribution < 1.29 is 14.6 Å². The second-order valence-corrected chi connectivity index (χ2v) is 7.20. The van der Waals surface area contributed by atoms with Gasteiger partial charge >= 0.3 is 0 Å². The highest BCUT2D eigenvalue weighted by molar-refractivity contribution is 5.85. The first-order chi connectivity index (χ1) is 12.1. The van der Waals surface area contributed by atoms with Crippen molar-refractivity contribution in [3.8, 4) is 5.75 Å². The van der Waals surface area contributed by atoms with Gasteiger partial charge in [0.1, 0.15) is 5.75 Å². The Hall–Kier alpha value is -1.05. The maximum Gasteiger partial charge on any atom is 0.231 e. The molecule has 0 saturated carbocycles.